The van der Waals surface area contributed by atoms with Crippen molar-refractivity contribution >= 4 is 5.91 Å². The molecule has 120 valence electrons. The van der Waals surface area contributed by atoms with E-state index in [9.17, 15) is 13.6 Å². The summed E-state index contributed by atoms with van der Waals surface area (Å²) in [6.07, 6.45) is 10.9. The first-order valence-corrected chi connectivity index (χ1v) is 7.86. The zero-order chi connectivity index (χ0) is 15.3. The summed E-state index contributed by atoms with van der Waals surface area (Å²) in [5, 5.41) is 2.23. The third-order valence-corrected chi connectivity index (χ3v) is 3.35. The van der Waals surface area contributed by atoms with Crippen LogP contribution in [0.5, 0.6) is 0 Å². The van der Waals surface area contributed by atoms with Crippen LogP contribution in [0.1, 0.15) is 71.1 Å². The molecule has 0 rings (SSSR count). The van der Waals surface area contributed by atoms with E-state index in [1.165, 1.54) is 38.5 Å². The quantitative estimate of drug-likeness (QED) is 0.509. The second-order valence-electron chi connectivity index (χ2n) is 5.42. The normalized spacial score (nSPS) is 11.6. The van der Waals surface area contributed by atoms with E-state index >= 15 is 0 Å². The summed E-state index contributed by atoms with van der Waals surface area (Å²) < 4.78 is 25.6. The van der Waals surface area contributed by atoms with Crippen molar-refractivity contribution in [3.8, 4) is 0 Å². The van der Waals surface area contributed by atoms with Gasteiger partial charge in [-0.15, -0.1) is 0 Å². The van der Waals surface area contributed by atoms with Crippen molar-refractivity contribution < 1.29 is 13.6 Å². The van der Waals surface area contributed by atoms with E-state index in [0.717, 1.165) is 19.3 Å². The zero-order valence-corrected chi connectivity index (χ0v) is 12.7. The van der Waals surface area contributed by atoms with Crippen LogP contribution < -0.4 is 11.1 Å². The van der Waals surface area contributed by atoms with Gasteiger partial charge in [-0.2, -0.15) is 0 Å². The molecule has 0 heterocycles. The fourth-order valence-corrected chi connectivity index (χ4v) is 1.98. The van der Waals surface area contributed by atoms with E-state index in [1.807, 2.05) is 0 Å². The highest BCUT2D eigenvalue weighted by atomic mass is 19.3. The number of rotatable bonds is 13. The Morgan fingerprint density at radius 2 is 1.50 bits per heavy atom. The summed E-state index contributed by atoms with van der Waals surface area (Å²) in [5.41, 5.74) is 4.89. The Labute approximate surface area is 121 Å². The molecule has 0 radical (unpaired) electrons. The Morgan fingerprint density at radius 1 is 1.00 bits per heavy atom. The smallest absolute Gasteiger partial charge is 0.277 e. The van der Waals surface area contributed by atoms with Gasteiger partial charge in [0.15, 0.2) is 0 Å². The predicted octanol–water partition coefficient (Wildman–Crippen LogP) is 3.62. The second-order valence-corrected chi connectivity index (χ2v) is 5.42. The van der Waals surface area contributed by atoms with Crippen molar-refractivity contribution in [2.75, 3.05) is 13.1 Å². The molecule has 0 aliphatic carbocycles. The maximum Gasteiger partial charge on any atom is 0.277 e. The van der Waals surface area contributed by atoms with Gasteiger partial charge in [0.25, 0.3) is 5.92 Å². The molecule has 0 saturated carbocycles. The van der Waals surface area contributed by atoms with Crippen LogP contribution >= 0.6 is 0 Å². The first kappa shape index (κ1) is 19.3. The van der Waals surface area contributed by atoms with Gasteiger partial charge in [0.05, 0.1) is 13.1 Å². The average molecular weight is 292 g/mol. The van der Waals surface area contributed by atoms with Crippen LogP contribution in [0.4, 0.5) is 8.78 Å². The monoisotopic (exact) mass is 292 g/mol. The highest BCUT2D eigenvalue weighted by molar-refractivity contribution is 5.75. The van der Waals surface area contributed by atoms with E-state index in [4.69, 9.17) is 5.73 Å². The van der Waals surface area contributed by atoms with Crippen LogP contribution in [-0.2, 0) is 4.79 Å². The first-order chi connectivity index (χ1) is 9.52. The molecule has 0 aromatic carbocycles. The summed E-state index contributed by atoms with van der Waals surface area (Å²) in [6.45, 7) is 0.819. The fraction of sp³-hybridized carbons (Fsp3) is 0.933. The van der Waals surface area contributed by atoms with Crippen molar-refractivity contribution in [1.82, 2.24) is 5.32 Å². The molecule has 0 unspecified atom stereocenters. The Morgan fingerprint density at radius 3 is 2.00 bits per heavy atom. The lowest BCUT2D eigenvalue weighted by atomic mass is 10.1. The van der Waals surface area contributed by atoms with Gasteiger partial charge in [-0.1, -0.05) is 58.3 Å². The zero-order valence-electron chi connectivity index (χ0n) is 12.7. The SMILES string of the molecule is CCCCCCCCCCCC(=O)NCC(F)(F)CN. The molecule has 20 heavy (non-hydrogen) atoms. The van der Waals surface area contributed by atoms with Crippen molar-refractivity contribution in [3.05, 3.63) is 0 Å². The second kappa shape index (κ2) is 12.1. The summed E-state index contributed by atoms with van der Waals surface area (Å²) in [6, 6.07) is 0. The molecule has 0 bridgehead atoms. The largest absolute Gasteiger partial charge is 0.350 e. The number of amides is 1. The minimum atomic E-state index is -2.99. The van der Waals surface area contributed by atoms with Gasteiger partial charge >= 0.3 is 0 Å². The van der Waals surface area contributed by atoms with Crippen LogP contribution in [-0.4, -0.2) is 24.9 Å². The Hall–Kier alpha value is -0.710. The maximum absolute atomic E-state index is 12.8. The van der Waals surface area contributed by atoms with Gasteiger partial charge in [0, 0.05) is 6.42 Å². The molecule has 0 saturated heterocycles. The Balaban J connectivity index is 3.32. The molecule has 0 aliphatic heterocycles. The predicted molar refractivity (Wildman–Crippen MR) is 78.9 cm³/mol. The maximum atomic E-state index is 12.8. The van der Waals surface area contributed by atoms with E-state index in [1.54, 1.807) is 0 Å². The van der Waals surface area contributed by atoms with Crippen molar-refractivity contribution in [2.45, 2.75) is 77.1 Å². The molecule has 0 aromatic rings. The molecule has 0 fully saturated rings. The summed E-state index contributed by atoms with van der Waals surface area (Å²) in [5.74, 6) is -3.30. The number of nitrogens with two attached hydrogens (primary N) is 1. The fourth-order valence-electron chi connectivity index (χ4n) is 1.98. The minimum Gasteiger partial charge on any atom is -0.350 e. The lowest BCUT2D eigenvalue weighted by Gasteiger charge is -2.14. The number of halogens is 2. The molecule has 5 heteroatoms. The van der Waals surface area contributed by atoms with Gasteiger partial charge < -0.3 is 11.1 Å². The molecule has 3 N–H and O–H groups in total. The number of alkyl halides is 2. The minimum absolute atomic E-state index is 0.305. The van der Waals surface area contributed by atoms with Crippen molar-refractivity contribution in [2.24, 2.45) is 5.73 Å². The molecule has 1 amide bonds. The van der Waals surface area contributed by atoms with Crippen molar-refractivity contribution in [3.63, 3.8) is 0 Å². The topological polar surface area (TPSA) is 55.1 Å². The summed E-state index contributed by atoms with van der Waals surface area (Å²) >= 11 is 0. The van der Waals surface area contributed by atoms with Gasteiger partial charge in [-0.05, 0) is 6.42 Å². The van der Waals surface area contributed by atoms with Gasteiger partial charge in [0.1, 0.15) is 0 Å². The molecule has 3 nitrogen and oxygen atoms in total. The lowest BCUT2D eigenvalue weighted by molar-refractivity contribution is -0.123. The van der Waals surface area contributed by atoms with Crippen LogP contribution in [0.3, 0.4) is 0 Å². The average Bonchev–Trinajstić information content (AvgIpc) is 2.43. The van der Waals surface area contributed by atoms with Gasteiger partial charge in [-0.25, -0.2) is 8.78 Å². The van der Waals surface area contributed by atoms with Crippen LogP contribution in [0.15, 0.2) is 0 Å². The number of unbranched alkanes of at least 4 members (excludes halogenated alkanes) is 8. The molecule has 0 aliphatic rings. The molecular formula is C15H30F2N2O. The Kier molecular flexibility index (Phi) is 11.6. The van der Waals surface area contributed by atoms with E-state index < -0.39 is 19.0 Å². The molecular weight excluding hydrogens is 262 g/mol. The van der Waals surface area contributed by atoms with Crippen molar-refractivity contribution in [1.29, 1.82) is 0 Å². The standard InChI is InChI=1S/C15H30F2N2O/c1-2-3-4-5-6-7-8-9-10-11-14(20)19-13-15(16,17)12-18/h2-13,18H2,1H3,(H,19,20). The van der Waals surface area contributed by atoms with Crippen LogP contribution in [0, 0.1) is 0 Å². The lowest BCUT2D eigenvalue weighted by Crippen LogP contribution is -2.41. The number of carbonyl (C=O) groups is 1. The molecule has 0 aromatic heterocycles. The highest BCUT2D eigenvalue weighted by Crippen LogP contribution is 2.11. The van der Waals surface area contributed by atoms with Crippen LogP contribution in [0.25, 0.3) is 0 Å². The summed E-state index contributed by atoms with van der Waals surface area (Å²) in [7, 11) is 0. The third kappa shape index (κ3) is 12.3. The molecule has 0 spiro atoms. The molecule has 0 atom stereocenters. The summed E-state index contributed by atoms with van der Waals surface area (Å²) in [4.78, 5) is 11.3. The van der Waals surface area contributed by atoms with Crippen LogP contribution in [0.2, 0.25) is 0 Å². The number of carbonyl (C=O) groups excluding carboxylic acids is 1. The van der Waals surface area contributed by atoms with E-state index in [2.05, 4.69) is 12.2 Å². The number of nitrogens with one attached hydrogen (secondary N) is 1. The number of hydrogen-bond donors (Lipinski definition) is 2. The first-order valence-electron chi connectivity index (χ1n) is 7.86. The van der Waals surface area contributed by atoms with Gasteiger partial charge in [-0.3, -0.25) is 4.79 Å². The highest BCUT2D eigenvalue weighted by Gasteiger charge is 2.26. The van der Waals surface area contributed by atoms with Gasteiger partial charge in [0.2, 0.25) is 5.91 Å². The Bertz CT molecular complexity index is 248. The van der Waals surface area contributed by atoms with E-state index in [0.29, 0.717) is 6.42 Å². The third-order valence-electron chi connectivity index (χ3n) is 3.35. The number of hydrogen-bond acceptors (Lipinski definition) is 2. The van der Waals surface area contributed by atoms with E-state index in [-0.39, 0.29) is 5.91 Å².